The number of hydrogen-bond donors (Lipinski definition) is 1. The molecule has 22 heavy (non-hydrogen) atoms. The Labute approximate surface area is 136 Å². The van der Waals surface area contributed by atoms with Gasteiger partial charge in [0.1, 0.15) is 5.75 Å². The van der Waals surface area contributed by atoms with Crippen molar-refractivity contribution in [1.29, 1.82) is 0 Å². The van der Waals surface area contributed by atoms with E-state index in [1.54, 1.807) is 6.07 Å². The number of benzene rings is 1. The molecule has 1 aromatic rings. The standard InChI is InChI=1S/C21H32O/c1-2-3-4-5-6-7-8-9-10-11-12-13-14-16-20-17-15-18-21(22)19-20/h6-7,13-15,17-19,22H,2-5,8-12,16H2,1H3/b7-6+,14-13+. The number of allylic oxidation sites excluding steroid dienone is 4. The van der Waals surface area contributed by atoms with E-state index in [9.17, 15) is 5.11 Å². The lowest BCUT2D eigenvalue weighted by molar-refractivity contribution is 0.474. The molecular formula is C21H32O. The molecule has 0 atom stereocenters. The summed E-state index contributed by atoms with van der Waals surface area (Å²) < 4.78 is 0. The van der Waals surface area contributed by atoms with Gasteiger partial charge in [0.05, 0.1) is 0 Å². The van der Waals surface area contributed by atoms with Gasteiger partial charge in [0.15, 0.2) is 0 Å². The molecule has 122 valence electrons. The molecule has 0 amide bonds. The maximum absolute atomic E-state index is 9.39. The highest BCUT2D eigenvalue weighted by molar-refractivity contribution is 5.28. The maximum Gasteiger partial charge on any atom is 0.115 e. The lowest BCUT2D eigenvalue weighted by Crippen LogP contribution is -1.80. The Morgan fingerprint density at radius 2 is 1.45 bits per heavy atom. The summed E-state index contributed by atoms with van der Waals surface area (Å²) in [4.78, 5) is 0. The minimum Gasteiger partial charge on any atom is -0.508 e. The molecule has 1 aromatic carbocycles. The molecule has 1 heteroatoms. The van der Waals surface area contributed by atoms with Crippen LogP contribution in [-0.2, 0) is 6.42 Å². The van der Waals surface area contributed by atoms with Crippen molar-refractivity contribution in [2.75, 3.05) is 0 Å². The average molecular weight is 300 g/mol. The Hall–Kier alpha value is -1.50. The molecule has 0 unspecified atom stereocenters. The quantitative estimate of drug-likeness (QED) is 0.341. The van der Waals surface area contributed by atoms with Crippen LogP contribution in [0, 0.1) is 0 Å². The second-order valence-electron chi connectivity index (χ2n) is 5.95. The van der Waals surface area contributed by atoms with E-state index in [0.29, 0.717) is 5.75 Å². The Bertz CT molecular complexity index is 431. The zero-order chi connectivity index (χ0) is 15.9. The summed E-state index contributed by atoms with van der Waals surface area (Å²) in [5, 5.41) is 9.39. The van der Waals surface area contributed by atoms with Crippen molar-refractivity contribution in [2.24, 2.45) is 0 Å². The van der Waals surface area contributed by atoms with Gasteiger partial charge in [0, 0.05) is 0 Å². The van der Waals surface area contributed by atoms with Crippen LogP contribution >= 0.6 is 0 Å². The second kappa shape index (κ2) is 13.2. The van der Waals surface area contributed by atoms with Gasteiger partial charge < -0.3 is 5.11 Å². The number of phenols is 1. The van der Waals surface area contributed by atoms with Crippen LogP contribution < -0.4 is 0 Å². The van der Waals surface area contributed by atoms with Gasteiger partial charge in [-0.2, -0.15) is 0 Å². The van der Waals surface area contributed by atoms with Crippen LogP contribution in [0.15, 0.2) is 48.6 Å². The molecule has 0 heterocycles. The highest BCUT2D eigenvalue weighted by atomic mass is 16.3. The summed E-state index contributed by atoms with van der Waals surface area (Å²) >= 11 is 0. The first-order chi connectivity index (χ1) is 10.8. The first-order valence-electron chi connectivity index (χ1n) is 8.91. The fraction of sp³-hybridized carbons (Fsp3) is 0.524. The lowest BCUT2D eigenvalue weighted by Gasteiger charge is -1.98. The van der Waals surface area contributed by atoms with Crippen LogP contribution in [-0.4, -0.2) is 5.11 Å². The molecule has 0 aliphatic heterocycles. The van der Waals surface area contributed by atoms with Gasteiger partial charge in [0.25, 0.3) is 0 Å². The van der Waals surface area contributed by atoms with Gasteiger partial charge in [0.2, 0.25) is 0 Å². The van der Waals surface area contributed by atoms with Crippen molar-refractivity contribution in [1.82, 2.24) is 0 Å². The molecule has 0 aliphatic carbocycles. The van der Waals surface area contributed by atoms with E-state index < -0.39 is 0 Å². The van der Waals surface area contributed by atoms with Crippen LogP contribution in [0.2, 0.25) is 0 Å². The van der Waals surface area contributed by atoms with E-state index >= 15 is 0 Å². The summed E-state index contributed by atoms with van der Waals surface area (Å²) in [6, 6.07) is 7.49. The highest BCUT2D eigenvalue weighted by Gasteiger charge is 1.91. The predicted octanol–water partition coefficient (Wildman–Crippen LogP) is 6.58. The first kappa shape index (κ1) is 18.5. The number of hydrogen-bond acceptors (Lipinski definition) is 1. The van der Waals surface area contributed by atoms with Gasteiger partial charge >= 0.3 is 0 Å². The first-order valence-corrected chi connectivity index (χ1v) is 8.91. The van der Waals surface area contributed by atoms with E-state index in [-0.39, 0.29) is 0 Å². The average Bonchev–Trinajstić information content (AvgIpc) is 2.52. The van der Waals surface area contributed by atoms with Crippen LogP contribution in [0.3, 0.4) is 0 Å². The third-order valence-electron chi connectivity index (χ3n) is 3.81. The molecule has 0 spiro atoms. The molecule has 0 bridgehead atoms. The Balaban J connectivity index is 1.94. The third-order valence-corrected chi connectivity index (χ3v) is 3.81. The fourth-order valence-electron chi connectivity index (χ4n) is 2.47. The highest BCUT2D eigenvalue weighted by Crippen LogP contribution is 2.12. The monoisotopic (exact) mass is 300 g/mol. The largest absolute Gasteiger partial charge is 0.508 e. The van der Waals surface area contributed by atoms with Crippen LogP contribution in [0.25, 0.3) is 0 Å². The molecule has 1 rings (SSSR count). The topological polar surface area (TPSA) is 20.2 Å². The number of rotatable bonds is 12. The normalized spacial score (nSPS) is 11.7. The summed E-state index contributed by atoms with van der Waals surface area (Å²) in [6.45, 7) is 2.25. The van der Waals surface area contributed by atoms with Gasteiger partial charge in [-0.15, -0.1) is 0 Å². The number of aromatic hydroxyl groups is 1. The number of unbranched alkanes of at least 4 members (excludes halogenated alkanes) is 7. The van der Waals surface area contributed by atoms with Crippen LogP contribution in [0.5, 0.6) is 5.75 Å². The zero-order valence-corrected chi connectivity index (χ0v) is 14.1. The molecule has 0 radical (unpaired) electrons. The van der Waals surface area contributed by atoms with E-state index in [1.807, 2.05) is 12.1 Å². The summed E-state index contributed by atoms with van der Waals surface area (Å²) in [5.41, 5.74) is 1.17. The molecular weight excluding hydrogens is 268 g/mol. The van der Waals surface area contributed by atoms with Crippen molar-refractivity contribution >= 4 is 0 Å². The van der Waals surface area contributed by atoms with E-state index in [0.717, 1.165) is 6.42 Å². The smallest absolute Gasteiger partial charge is 0.115 e. The van der Waals surface area contributed by atoms with E-state index in [2.05, 4.69) is 37.3 Å². The molecule has 1 N–H and O–H groups in total. The Kier molecular flexibility index (Phi) is 11.1. The molecule has 0 aliphatic rings. The lowest BCUT2D eigenvalue weighted by atomic mass is 10.1. The zero-order valence-electron chi connectivity index (χ0n) is 14.1. The van der Waals surface area contributed by atoms with Crippen LogP contribution in [0.4, 0.5) is 0 Å². The van der Waals surface area contributed by atoms with Gasteiger partial charge in [-0.25, -0.2) is 0 Å². The Morgan fingerprint density at radius 3 is 2.09 bits per heavy atom. The van der Waals surface area contributed by atoms with Gasteiger partial charge in [-0.05, 0) is 62.6 Å². The minimum atomic E-state index is 0.355. The summed E-state index contributed by atoms with van der Waals surface area (Å²) in [7, 11) is 0. The Morgan fingerprint density at radius 1 is 0.818 bits per heavy atom. The van der Waals surface area contributed by atoms with Gasteiger partial charge in [-0.3, -0.25) is 0 Å². The molecule has 0 aromatic heterocycles. The van der Waals surface area contributed by atoms with E-state index in [4.69, 9.17) is 0 Å². The molecule has 0 fully saturated rings. The third kappa shape index (κ3) is 10.3. The maximum atomic E-state index is 9.39. The van der Waals surface area contributed by atoms with Crippen molar-refractivity contribution in [2.45, 2.75) is 71.1 Å². The van der Waals surface area contributed by atoms with Crippen LogP contribution in [0.1, 0.15) is 70.3 Å². The van der Waals surface area contributed by atoms with E-state index in [1.165, 1.54) is 63.4 Å². The fourth-order valence-corrected chi connectivity index (χ4v) is 2.47. The molecule has 0 saturated carbocycles. The molecule has 1 nitrogen and oxygen atoms in total. The predicted molar refractivity (Wildman–Crippen MR) is 97.3 cm³/mol. The summed E-state index contributed by atoms with van der Waals surface area (Å²) in [5.74, 6) is 0.355. The van der Waals surface area contributed by atoms with Gasteiger partial charge in [-0.1, -0.05) is 62.6 Å². The second-order valence-corrected chi connectivity index (χ2v) is 5.95. The SMILES string of the molecule is CCCCC/C=C/CCCCC/C=C/Cc1cccc(O)c1. The van der Waals surface area contributed by atoms with Crippen molar-refractivity contribution < 1.29 is 5.11 Å². The minimum absolute atomic E-state index is 0.355. The molecule has 0 saturated heterocycles. The van der Waals surface area contributed by atoms with Crippen molar-refractivity contribution in [3.8, 4) is 5.75 Å². The van der Waals surface area contributed by atoms with Crippen molar-refractivity contribution in [3.05, 3.63) is 54.1 Å². The number of phenolic OH excluding ortho intramolecular Hbond substituents is 1. The van der Waals surface area contributed by atoms with Crippen molar-refractivity contribution in [3.63, 3.8) is 0 Å². The summed E-state index contributed by atoms with van der Waals surface area (Å²) in [6.07, 6.45) is 21.7.